The SMILES string of the molecule is Cc1cccc(-n2ncc3c(=O)n4c(nc32)SCC4CC(=O)Nc2ccccc2-c2ccccc2)c1. The fourth-order valence-corrected chi connectivity index (χ4v) is 5.74. The van der Waals surface area contributed by atoms with Crippen molar-refractivity contribution < 1.29 is 4.79 Å². The van der Waals surface area contributed by atoms with Crippen LogP contribution in [-0.2, 0) is 4.79 Å². The number of amides is 1. The summed E-state index contributed by atoms with van der Waals surface area (Å²) in [7, 11) is 0. The number of nitrogens with zero attached hydrogens (tertiary/aromatic N) is 4. The van der Waals surface area contributed by atoms with E-state index in [0.29, 0.717) is 21.9 Å². The fourth-order valence-electron chi connectivity index (χ4n) is 4.61. The number of benzene rings is 3. The molecule has 1 amide bonds. The molecule has 0 bridgehead atoms. The second kappa shape index (κ2) is 9.13. The average molecular weight is 494 g/mol. The van der Waals surface area contributed by atoms with E-state index in [9.17, 15) is 9.59 Å². The molecule has 0 saturated carbocycles. The number of thioether (sulfide) groups is 1. The van der Waals surface area contributed by atoms with Gasteiger partial charge in [-0.2, -0.15) is 5.10 Å². The summed E-state index contributed by atoms with van der Waals surface area (Å²) in [6, 6.07) is 25.3. The van der Waals surface area contributed by atoms with Crippen LogP contribution in [0.1, 0.15) is 18.0 Å². The highest BCUT2D eigenvalue weighted by atomic mass is 32.2. The molecule has 36 heavy (non-hydrogen) atoms. The number of para-hydroxylation sites is 1. The summed E-state index contributed by atoms with van der Waals surface area (Å²) in [5, 5.41) is 8.56. The van der Waals surface area contributed by atoms with E-state index in [1.807, 2.05) is 85.8 Å². The maximum Gasteiger partial charge on any atom is 0.265 e. The van der Waals surface area contributed by atoms with E-state index in [2.05, 4.69) is 10.4 Å². The van der Waals surface area contributed by atoms with Crippen molar-refractivity contribution in [2.75, 3.05) is 11.1 Å². The lowest BCUT2D eigenvalue weighted by Crippen LogP contribution is -2.27. The predicted molar refractivity (Wildman–Crippen MR) is 143 cm³/mol. The van der Waals surface area contributed by atoms with Crippen LogP contribution in [-0.4, -0.2) is 31.0 Å². The van der Waals surface area contributed by atoms with Gasteiger partial charge in [-0.25, -0.2) is 9.67 Å². The Morgan fingerprint density at radius 2 is 1.86 bits per heavy atom. The second-order valence-corrected chi connectivity index (χ2v) is 9.82. The minimum Gasteiger partial charge on any atom is -0.325 e. The summed E-state index contributed by atoms with van der Waals surface area (Å²) in [4.78, 5) is 31.3. The van der Waals surface area contributed by atoms with Gasteiger partial charge in [0.05, 0.1) is 17.9 Å². The largest absolute Gasteiger partial charge is 0.325 e. The number of aryl methyl sites for hydroxylation is 1. The third kappa shape index (κ3) is 3.99. The number of aromatic nitrogens is 4. The van der Waals surface area contributed by atoms with Crippen molar-refractivity contribution >= 4 is 34.4 Å². The molecular weight excluding hydrogens is 470 g/mol. The summed E-state index contributed by atoms with van der Waals surface area (Å²) in [5.41, 5.74) is 5.06. The van der Waals surface area contributed by atoms with Crippen LogP contribution in [0, 0.1) is 6.92 Å². The van der Waals surface area contributed by atoms with E-state index in [1.54, 1.807) is 15.4 Å². The molecule has 6 rings (SSSR count). The molecule has 0 radical (unpaired) electrons. The molecule has 1 unspecified atom stereocenters. The van der Waals surface area contributed by atoms with Crippen molar-refractivity contribution in [2.24, 2.45) is 0 Å². The monoisotopic (exact) mass is 493 g/mol. The van der Waals surface area contributed by atoms with Crippen molar-refractivity contribution in [3.63, 3.8) is 0 Å². The van der Waals surface area contributed by atoms with Gasteiger partial charge in [0, 0.05) is 23.4 Å². The first-order valence-corrected chi connectivity index (χ1v) is 12.7. The molecule has 0 aliphatic carbocycles. The van der Waals surface area contributed by atoms with E-state index in [-0.39, 0.29) is 23.9 Å². The molecule has 178 valence electrons. The Bertz CT molecular complexity index is 1660. The number of anilines is 1. The van der Waals surface area contributed by atoms with Gasteiger partial charge < -0.3 is 5.32 Å². The highest BCUT2D eigenvalue weighted by Gasteiger charge is 2.29. The maximum atomic E-state index is 13.4. The lowest BCUT2D eigenvalue weighted by molar-refractivity contribution is -0.116. The van der Waals surface area contributed by atoms with E-state index >= 15 is 0 Å². The molecule has 3 heterocycles. The minimum atomic E-state index is -0.277. The van der Waals surface area contributed by atoms with E-state index in [1.165, 1.54) is 11.8 Å². The zero-order valence-corrected chi connectivity index (χ0v) is 20.4. The van der Waals surface area contributed by atoms with Crippen LogP contribution < -0.4 is 10.9 Å². The Morgan fingerprint density at radius 3 is 2.69 bits per heavy atom. The molecule has 2 aromatic heterocycles. The molecule has 1 atom stereocenters. The van der Waals surface area contributed by atoms with Gasteiger partial charge in [0.15, 0.2) is 10.8 Å². The van der Waals surface area contributed by atoms with Gasteiger partial charge in [0.2, 0.25) is 5.91 Å². The van der Waals surface area contributed by atoms with Crippen LogP contribution in [0.4, 0.5) is 5.69 Å². The maximum absolute atomic E-state index is 13.4. The van der Waals surface area contributed by atoms with Crippen molar-refractivity contribution in [1.29, 1.82) is 0 Å². The summed E-state index contributed by atoms with van der Waals surface area (Å²) in [6.45, 7) is 2.01. The van der Waals surface area contributed by atoms with Gasteiger partial charge in [0.25, 0.3) is 5.56 Å². The fraction of sp³-hybridized carbons (Fsp3) is 0.143. The summed E-state index contributed by atoms with van der Waals surface area (Å²) in [6.07, 6.45) is 1.75. The number of fused-ring (bicyclic) bond motifs is 2. The van der Waals surface area contributed by atoms with Crippen molar-refractivity contribution in [2.45, 2.75) is 24.5 Å². The molecule has 0 saturated heterocycles. The molecular formula is C28H23N5O2S. The molecule has 3 aromatic carbocycles. The van der Waals surface area contributed by atoms with Crippen molar-refractivity contribution in [3.8, 4) is 16.8 Å². The van der Waals surface area contributed by atoms with Crippen molar-refractivity contribution in [1.82, 2.24) is 19.3 Å². The van der Waals surface area contributed by atoms with Crippen LogP contribution in [0.3, 0.4) is 0 Å². The number of hydrogen-bond acceptors (Lipinski definition) is 5. The van der Waals surface area contributed by atoms with Gasteiger partial charge in [-0.3, -0.25) is 14.2 Å². The van der Waals surface area contributed by atoms with Crippen LogP contribution in [0.5, 0.6) is 0 Å². The highest BCUT2D eigenvalue weighted by Crippen LogP contribution is 2.34. The van der Waals surface area contributed by atoms with Crippen LogP contribution in [0.25, 0.3) is 27.8 Å². The normalized spacial score (nSPS) is 14.6. The number of carbonyl (C=O) groups excluding carboxylic acids is 1. The topological polar surface area (TPSA) is 81.8 Å². The number of rotatable bonds is 5. The molecule has 1 aliphatic rings. The molecule has 0 spiro atoms. The second-order valence-electron chi connectivity index (χ2n) is 8.83. The number of nitrogens with one attached hydrogen (secondary N) is 1. The first-order chi connectivity index (χ1) is 17.6. The minimum absolute atomic E-state index is 0.140. The molecule has 7 nitrogen and oxygen atoms in total. The zero-order chi connectivity index (χ0) is 24.6. The summed E-state index contributed by atoms with van der Waals surface area (Å²) >= 11 is 1.49. The van der Waals surface area contributed by atoms with Crippen LogP contribution in [0.2, 0.25) is 0 Å². The Balaban J connectivity index is 1.28. The van der Waals surface area contributed by atoms with E-state index in [4.69, 9.17) is 4.98 Å². The Labute approximate surface area is 211 Å². The first-order valence-electron chi connectivity index (χ1n) is 11.7. The third-order valence-electron chi connectivity index (χ3n) is 6.32. The van der Waals surface area contributed by atoms with E-state index < -0.39 is 0 Å². The van der Waals surface area contributed by atoms with Gasteiger partial charge >= 0.3 is 0 Å². The predicted octanol–water partition coefficient (Wildman–Crippen LogP) is 5.23. The number of carbonyl (C=O) groups is 1. The molecule has 1 N–H and O–H groups in total. The molecule has 8 heteroatoms. The Hall–Kier alpha value is -4.17. The smallest absolute Gasteiger partial charge is 0.265 e. The van der Waals surface area contributed by atoms with Gasteiger partial charge in [-0.1, -0.05) is 72.4 Å². The standard InChI is InChI=1S/C28H23N5O2S/c1-18-8-7-11-20(14-18)33-26-23(16-29-33)27(35)32-21(17-36-28(32)31-26)15-25(34)30-24-13-6-5-12-22(24)19-9-3-2-4-10-19/h2-14,16,21H,15,17H2,1H3,(H,30,34). The average Bonchev–Trinajstić information content (AvgIpc) is 3.50. The molecule has 1 aliphatic heterocycles. The Kier molecular flexibility index (Phi) is 5.65. The summed E-state index contributed by atoms with van der Waals surface area (Å²) < 4.78 is 3.35. The van der Waals surface area contributed by atoms with Crippen LogP contribution >= 0.6 is 11.8 Å². The molecule has 5 aromatic rings. The van der Waals surface area contributed by atoms with E-state index in [0.717, 1.165) is 28.1 Å². The highest BCUT2D eigenvalue weighted by molar-refractivity contribution is 7.99. The molecule has 0 fully saturated rings. The lowest BCUT2D eigenvalue weighted by Gasteiger charge is -2.15. The van der Waals surface area contributed by atoms with Crippen LogP contribution in [0.15, 0.2) is 95.0 Å². The number of hydrogen-bond donors (Lipinski definition) is 1. The van der Waals surface area contributed by atoms with Gasteiger partial charge in [-0.15, -0.1) is 0 Å². The summed E-state index contributed by atoms with van der Waals surface area (Å²) in [5.74, 6) is 0.472. The third-order valence-corrected chi connectivity index (χ3v) is 7.42. The zero-order valence-electron chi connectivity index (χ0n) is 19.6. The lowest BCUT2D eigenvalue weighted by atomic mass is 10.0. The first kappa shape index (κ1) is 22.3. The van der Waals surface area contributed by atoms with Gasteiger partial charge in [0.1, 0.15) is 5.39 Å². The van der Waals surface area contributed by atoms with Crippen molar-refractivity contribution in [3.05, 3.63) is 101 Å². The quantitative estimate of drug-likeness (QED) is 0.339. The van der Waals surface area contributed by atoms with Gasteiger partial charge in [-0.05, 0) is 36.2 Å². The Morgan fingerprint density at radius 1 is 1.06 bits per heavy atom.